The first-order valence-corrected chi connectivity index (χ1v) is 6.37. The van der Waals surface area contributed by atoms with E-state index in [1.807, 2.05) is 0 Å². The zero-order valence-corrected chi connectivity index (χ0v) is 10.9. The molecule has 1 amide bonds. The maximum Gasteiger partial charge on any atom is 0.237 e. The molecule has 1 aromatic carbocycles. The highest BCUT2D eigenvalue weighted by atomic mass is 16.1. The van der Waals surface area contributed by atoms with Crippen molar-refractivity contribution in [1.82, 2.24) is 4.90 Å². The predicted molar refractivity (Wildman–Crippen MR) is 71.6 cm³/mol. The molecule has 0 aromatic heterocycles. The van der Waals surface area contributed by atoms with Crippen LogP contribution in [0.1, 0.15) is 30.9 Å². The van der Waals surface area contributed by atoms with E-state index >= 15 is 0 Å². The second kappa shape index (κ2) is 5.08. The molecule has 0 radical (unpaired) electrons. The molecule has 0 saturated heterocycles. The van der Waals surface area contributed by atoms with E-state index in [9.17, 15) is 4.79 Å². The van der Waals surface area contributed by atoms with Crippen molar-refractivity contribution in [3.63, 3.8) is 0 Å². The van der Waals surface area contributed by atoms with Gasteiger partial charge in [0, 0.05) is 13.1 Å². The Morgan fingerprint density at radius 1 is 1.33 bits per heavy atom. The molecular formula is C14H21N3O. The van der Waals surface area contributed by atoms with Gasteiger partial charge in [0.25, 0.3) is 0 Å². The lowest BCUT2D eigenvalue weighted by Gasteiger charge is -2.22. The summed E-state index contributed by atoms with van der Waals surface area (Å²) < 4.78 is 0. The van der Waals surface area contributed by atoms with Crippen LogP contribution in [0.3, 0.4) is 0 Å². The van der Waals surface area contributed by atoms with Gasteiger partial charge in [-0.2, -0.15) is 0 Å². The summed E-state index contributed by atoms with van der Waals surface area (Å²) in [6, 6.07) is 8.50. The number of fused-ring (bicyclic) bond motifs is 1. The SMILES string of the molecule is CC(N)(CCCN1Cc2ccccc2C1)C(N)=O. The van der Waals surface area contributed by atoms with Crippen LogP contribution < -0.4 is 11.5 Å². The van der Waals surface area contributed by atoms with Gasteiger partial charge in [0.1, 0.15) is 0 Å². The van der Waals surface area contributed by atoms with E-state index in [2.05, 4.69) is 29.2 Å². The van der Waals surface area contributed by atoms with Crippen LogP contribution in [0.4, 0.5) is 0 Å². The summed E-state index contributed by atoms with van der Waals surface area (Å²) in [6.07, 6.45) is 1.53. The number of hydrogen-bond donors (Lipinski definition) is 2. The molecule has 4 heteroatoms. The number of amides is 1. The Balaban J connectivity index is 1.79. The fourth-order valence-electron chi connectivity index (χ4n) is 2.35. The Labute approximate surface area is 108 Å². The van der Waals surface area contributed by atoms with Gasteiger partial charge in [0.15, 0.2) is 0 Å². The van der Waals surface area contributed by atoms with Gasteiger partial charge in [-0.15, -0.1) is 0 Å². The Morgan fingerprint density at radius 3 is 2.39 bits per heavy atom. The number of nitrogens with two attached hydrogens (primary N) is 2. The standard InChI is InChI=1S/C14H21N3O/c1-14(16,13(15)18)7-4-8-17-9-11-5-2-3-6-12(11)10-17/h2-3,5-6H,4,7-10,16H2,1H3,(H2,15,18). The largest absolute Gasteiger partial charge is 0.368 e. The molecule has 0 spiro atoms. The average Bonchev–Trinajstić information content (AvgIpc) is 2.70. The average molecular weight is 247 g/mol. The number of rotatable bonds is 5. The Morgan fingerprint density at radius 2 is 1.89 bits per heavy atom. The van der Waals surface area contributed by atoms with E-state index < -0.39 is 11.4 Å². The fourth-order valence-corrected chi connectivity index (χ4v) is 2.35. The maximum atomic E-state index is 11.1. The topological polar surface area (TPSA) is 72.3 Å². The first-order chi connectivity index (χ1) is 8.49. The van der Waals surface area contributed by atoms with Crippen molar-refractivity contribution < 1.29 is 4.79 Å². The number of carbonyl (C=O) groups excluding carboxylic acids is 1. The van der Waals surface area contributed by atoms with Crippen LogP contribution in [-0.2, 0) is 17.9 Å². The molecule has 0 aliphatic carbocycles. The first-order valence-electron chi connectivity index (χ1n) is 6.37. The lowest BCUT2D eigenvalue weighted by Crippen LogP contribution is -2.49. The maximum absolute atomic E-state index is 11.1. The molecule has 1 aliphatic heterocycles. The Hall–Kier alpha value is -1.39. The zero-order chi connectivity index (χ0) is 13.2. The van der Waals surface area contributed by atoms with Crippen molar-refractivity contribution in [3.8, 4) is 0 Å². The monoisotopic (exact) mass is 247 g/mol. The van der Waals surface area contributed by atoms with Crippen molar-refractivity contribution >= 4 is 5.91 Å². The van der Waals surface area contributed by atoms with Crippen molar-refractivity contribution in [3.05, 3.63) is 35.4 Å². The minimum atomic E-state index is -0.882. The summed E-state index contributed by atoms with van der Waals surface area (Å²) in [5.74, 6) is -0.424. The molecule has 0 saturated carbocycles. The van der Waals surface area contributed by atoms with Crippen LogP contribution in [0.5, 0.6) is 0 Å². The van der Waals surface area contributed by atoms with Gasteiger partial charge in [-0.1, -0.05) is 24.3 Å². The van der Waals surface area contributed by atoms with Crippen LogP contribution in [-0.4, -0.2) is 22.9 Å². The van der Waals surface area contributed by atoms with E-state index in [4.69, 9.17) is 11.5 Å². The normalized spacial score (nSPS) is 18.3. The van der Waals surface area contributed by atoms with Crippen molar-refractivity contribution in [1.29, 1.82) is 0 Å². The van der Waals surface area contributed by atoms with E-state index in [0.29, 0.717) is 6.42 Å². The quantitative estimate of drug-likeness (QED) is 0.815. The molecule has 1 aliphatic rings. The second-order valence-electron chi connectivity index (χ2n) is 5.36. The summed E-state index contributed by atoms with van der Waals surface area (Å²) in [7, 11) is 0. The molecule has 2 rings (SSSR count). The van der Waals surface area contributed by atoms with E-state index in [1.54, 1.807) is 6.92 Å². The van der Waals surface area contributed by atoms with Crippen LogP contribution in [0.15, 0.2) is 24.3 Å². The molecule has 0 bridgehead atoms. The predicted octanol–water partition coefficient (Wildman–Crippen LogP) is 0.985. The zero-order valence-electron chi connectivity index (χ0n) is 10.9. The molecule has 98 valence electrons. The molecule has 4 nitrogen and oxygen atoms in total. The highest BCUT2D eigenvalue weighted by Gasteiger charge is 2.25. The van der Waals surface area contributed by atoms with Gasteiger partial charge in [0.05, 0.1) is 5.54 Å². The van der Waals surface area contributed by atoms with Gasteiger partial charge in [-0.05, 0) is 37.4 Å². The Bertz CT molecular complexity index is 417. The summed E-state index contributed by atoms with van der Waals surface area (Å²) in [4.78, 5) is 13.5. The summed E-state index contributed by atoms with van der Waals surface area (Å²) >= 11 is 0. The number of nitrogens with zero attached hydrogens (tertiary/aromatic N) is 1. The molecule has 4 N–H and O–H groups in total. The third kappa shape index (κ3) is 2.89. The smallest absolute Gasteiger partial charge is 0.237 e. The highest BCUT2D eigenvalue weighted by Crippen LogP contribution is 2.22. The van der Waals surface area contributed by atoms with Gasteiger partial charge in [-0.3, -0.25) is 9.69 Å². The number of benzene rings is 1. The van der Waals surface area contributed by atoms with Gasteiger partial charge in [-0.25, -0.2) is 0 Å². The van der Waals surface area contributed by atoms with Crippen LogP contribution in [0.25, 0.3) is 0 Å². The van der Waals surface area contributed by atoms with E-state index in [1.165, 1.54) is 11.1 Å². The van der Waals surface area contributed by atoms with Gasteiger partial charge < -0.3 is 11.5 Å². The highest BCUT2D eigenvalue weighted by molar-refractivity contribution is 5.83. The summed E-state index contributed by atoms with van der Waals surface area (Å²) in [6.45, 7) is 4.64. The molecule has 1 atom stereocenters. The van der Waals surface area contributed by atoms with Gasteiger partial charge >= 0.3 is 0 Å². The number of hydrogen-bond acceptors (Lipinski definition) is 3. The molecule has 18 heavy (non-hydrogen) atoms. The van der Waals surface area contributed by atoms with E-state index in [-0.39, 0.29) is 0 Å². The molecule has 1 heterocycles. The van der Waals surface area contributed by atoms with Crippen molar-refractivity contribution in [2.75, 3.05) is 6.54 Å². The van der Waals surface area contributed by atoms with Crippen LogP contribution in [0, 0.1) is 0 Å². The third-order valence-electron chi connectivity index (χ3n) is 3.64. The fraction of sp³-hybridized carbons (Fsp3) is 0.500. The summed E-state index contributed by atoms with van der Waals surface area (Å²) in [5.41, 5.74) is 13.0. The van der Waals surface area contributed by atoms with Gasteiger partial charge in [0.2, 0.25) is 5.91 Å². The Kier molecular flexibility index (Phi) is 3.68. The summed E-state index contributed by atoms with van der Waals surface area (Å²) in [5, 5.41) is 0. The minimum Gasteiger partial charge on any atom is -0.368 e. The molecule has 1 unspecified atom stereocenters. The number of carbonyl (C=O) groups is 1. The molecular weight excluding hydrogens is 226 g/mol. The molecule has 1 aromatic rings. The number of primary amides is 1. The third-order valence-corrected chi connectivity index (χ3v) is 3.64. The van der Waals surface area contributed by atoms with Crippen LogP contribution in [0.2, 0.25) is 0 Å². The van der Waals surface area contributed by atoms with Crippen molar-refractivity contribution in [2.24, 2.45) is 11.5 Å². The van der Waals surface area contributed by atoms with E-state index in [0.717, 1.165) is 26.1 Å². The second-order valence-corrected chi connectivity index (χ2v) is 5.36. The lowest BCUT2D eigenvalue weighted by atomic mass is 9.96. The minimum absolute atomic E-state index is 0.424. The van der Waals surface area contributed by atoms with Crippen LogP contribution >= 0.6 is 0 Å². The molecule has 0 fully saturated rings. The first kappa shape index (κ1) is 13.1. The lowest BCUT2D eigenvalue weighted by molar-refractivity contribution is -0.122. The van der Waals surface area contributed by atoms with Crippen molar-refractivity contribution in [2.45, 2.75) is 38.4 Å².